The van der Waals surface area contributed by atoms with Crippen LogP contribution in [-0.4, -0.2) is 67.4 Å². The second kappa shape index (κ2) is 19.8. The number of fused-ring (bicyclic) bond motifs is 2. The first-order valence-electron chi connectivity index (χ1n) is 18.4. The first-order chi connectivity index (χ1) is 26.4. The van der Waals surface area contributed by atoms with Gasteiger partial charge >= 0.3 is 7.12 Å². The fraction of sp³-hybridized carbons (Fsp3) is 0.217. The summed E-state index contributed by atoms with van der Waals surface area (Å²) in [6.45, 7) is 5.32. The third-order valence-corrected chi connectivity index (χ3v) is 10.1. The average molecular weight is 784 g/mol. The maximum atomic E-state index is 8.58. The Labute approximate surface area is 328 Å². The lowest BCUT2D eigenvalue weighted by molar-refractivity contribution is 0.0553. The Morgan fingerprint density at radius 1 is 0.537 bits per heavy atom. The summed E-state index contributed by atoms with van der Waals surface area (Å²) < 4.78 is 13.6. The molecule has 0 aromatic heterocycles. The first kappa shape index (κ1) is 39.3. The number of likely N-dealkylation sites (N-methyl/N-ethyl adjacent to an activating group) is 2. The lowest BCUT2D eigenvalue weighted by Crippen LogP contribution is -2.29. The minimum atomic E-state index is -1.34. The summed E-state index contributed by atoms with van der Waals surface area (Å²) in [6, 6.07) is 53.5. The Kier molecular flexibility index (Phi) is 14.4. The molecule has 0 bridgehead atoms. The second-order valence-electron chi connectivity index (χ2n) is 13.7. The highest BCUT2D eigenvalue weighted by Crippen LogP contribution is 2.35. The van der Waals surface area contributed by atoms with Crippen LogP contribution in [0.3, 0.4) is 0 Å². The molecule has 6 nitrogen and oxygen atoms in total. The molecular weight excluding hydrogens is 735 g/mol. The Bertz CT molecular complexity index is 2020. The van der Waals surface area contributed by atoms with Crippen LogP contribution in [0.4, 0.5) is 0 Å². The van der Waals surface area contributed by atoms with Crippen LogP contribution >= 0.6 is 15.9 Å². The topological polar surface area (TPSA) is 65.4 Å². The first-order valence-corrected chi connectivity index (χ1v) is 19.2. The summed E-state index contributed by atoms with van der Waals surface area (Å²) in [7, 11) is 2.95. The molecule has 0 saturated heterocycles. The molecule has 2 N–H and O–H groups in total. The smallest absolute Gasteiger partial charge is 0.423 e. The van der Waals surface area contributed by atoms with Crippen molar-refractivity contribution in [2.24, 2.45) is 0 Å². The van der Waals surface area contributed by atoms with Crippen molar-refractivity contribution in [1.29, 1.82) is 0 Å². The van der Waals surface area contributed by atoms with Gasteiger partial charge in [-0.2, -0.15) is 0 Å². The number of halogens is 1. The van der Waals surface area contributed by atoms with E-state index in [1.165, 1.54) is 44.5 Å². The number of nitrogens with zero attached hydrogens (tertiary/aromatic N) is 2. The van der Waals surface area contributed by atoms with Crippen molar-refractivity contribution in [3.8, 4) is 11.1 Å². The van der Waals surface area contributed by atoms with Crippen LogP contribution in [0.5, 0.6) is 0 Å². The minimum absolute atomic E-state index is 0.00596. The van der Waals surface area contributed by atoms with Gasteiger partial charge in [0.05, 0.1) is 13.2 Å². The van der Waals surface area contributed by atoms with Crippen molar-refractivity contribution in [3.63, 3.8) is 0 Å². The zero-order valence-corrected chi connectivity index (χ0v) is 32.6. The Hall–Kier alpha value is -4.38. The lowest BCUT2D eigenvalue weighted by atomic mass is 9.81. The van der Waals surface area contributed by atoms with Crippen molar-refractivity contribution in [1.82, 2.24) is 9.80 Å². The van der Waals surface area contributed by atoms with E-state index in [4.69, 9.17) is 19.5 Å². The van der Waals surface area contributed by atoms with Gasteiger partial charge in [0.25, 0.3) is 0 Å². The number of ether oxygens (including phenoxy) is 2. The van der Waals surface area contributed by atoms with E-state index in [1.807, 2.05) is 12.1 Å². The molecule has 0 saturated carbocycles. The molecular formula is C46H48BBrN2O4. The van der Waals surface area contributed by atoms with Gasteiger partial charge in [0, 0.05) is 30.7 Å². The Morgan fingerprint density at radius 2 is 0.981 bits per heavy atom. The van der Waals surface area contributed by atoms with Crippen molar-refractivity contribution < 1.29 is 19.5 Å². The van der Waals surface area contributed by atoms with E-state index in [1.54, 1.807) is 24.3 Å². The molecule has 2 atom stereocenters. The van der Waals surface area contributed by atoms with Crippen LogP contribution in [0.15, 0.2) is 162 Å². The molecule has 8 rings (SSSR count). The van der Waals surface area contributed by atoms with E-state index in [2.05, 4.69) is 161 Å². The molecule has 8 heteroatoms. The highest BCUT2D eigenvalue weighted by Gasteiger charge is 2.23. The van der Waals surface area contributed by atoms with E-state index in [9.17, 15) is 0 Å². The van der Waals surface area contributed by atoms with E-state index in [0.717, 1.165) is 43.9 Å². The summed E-state index contributed by atoms with van der Waals surface area (Å²) in [5.41, 5.74) is 10.7. The van der Waals surface area contributed by atoms with Gasteiger partial charge < -0.3 is 19.5 Å². The number of hydrogen-bond acceptors (Lipinski definition) is 6. The average Bonchev–Trinajstić information content (AvgIpc) is 3.20. The zero-order chi connectivity index (χ0) is 37.7. The fourth-order valence-corrected chi connectivity index (χ4v) is 7.13. The molecule has 54 heavy (non-hydrogen) atoms. The van der Waals surface area contributed by atoms with Gasteiger partial charge in [-0.15, -0.1) is 0 Å². The van der Waals surface area contributed by atoms with Crippen molar-refractivity contribution in [3.05, 3.63) is 196 Å². The van der Waals surface area contributed by atoms with Crippen LogP contribution in [0.1, 0.15) is 45.6 Å². The van der Waals surface area contributed by atoms with Crippen LogP contribution in [-0.2, 0) is 22.6 Å². The lowest BCUT2D eigenvalue weighted by Gasteiger charge is -2.29. The fourth-order valence-electron chi connectivity index (χ4n) is 6.75. The van der Waals surface area contributed by atoms with Gasteiger partial charge in [-0.05, 0) is 82.3 Å². The standard InChI is InChI=1S/C23H23NO.C17H18BrNO.C6H7BO2/c1-24-14-15-25-23(19-10-6-3-7-11-19)22-16-20(12-13-21(22)17-24)18-8-4-2-5-9-18;1-19-9-10-20-17(13-5-3-2-4-6-13)16-11-15(18)8-7-14(16)12-19;8-7(9)6-4-2-1-3-5-6/h2-13,16,23H,14-15,17H2,1H3;2-8,11,17H,9-10,12H2,1H3;1-5,8-9H. The predicted octanol–water partition coefficient (Wildman–Crippen LogP) is 8.27. The molecule has 0 aliphatic carbocycles. The Morgan fingerprint density at radius 3 is 1.46 bits per heavy atom. The van der Waals surface area contributed by atoms with Crippen molar-refractivity contribution in [2.75, 3.05) is 40.4 Å². The van der Waals surface area contributed by atoms with Gasteiger partial charge in [0.2, 0.25) is 0 Å². The third-order valence-electron chi connectivity index (χ3n) is 9.62. The van der Waals surface area contributed by atoms with Gasteiger partial charge in [-0.25, -0.2) is 0 Å². The number of hydrogen-bond donors (Lipinski definition) is 2. The zero-order valence-electron chi connectivity index (χ0n) is 31.0. The van der Waals surface area contributed by atoms with Crippen molar-refractivity contribution >= 4 is 28.5 Å². The molecule has 2 unspecified atom stereocenters. The normalized spacial score (nSPS) is 17.4. The van der Waals surface area contributed by atoms with Gasteiger partial charge in [-0.1, -0.05) is 155 Å². The van der Waals surface area contributed by atoms with E-state index in [-0.39, 0.29) is 12.2 Å². The van der Waals surface area contributed by atoms with Crippen LogP contribution in [0.2, 0.25) is 0 Å². The second-order valence-corrected chi connectivity index (χ2v) is 14.6. The minimum Gasteiger partial charge on any atom is -0.423 e. The number of benzene rings is 6. The SMILES string of the molecule is CN1CCOC(c2ccccc2)c2cc(-c3ccccc3)ccc2C1.CN1CCOC(c2ccccc2)c2cc(Br)ccc2C1.OB(O)c1ccccc1. The highest BCUT2D eigenvalue weighted by atomic mass is 79.9. The summed E-state index contributed by atoms with van der Waals surface area (Å²) in [6.07, 6.45) is 0.0194. The maximum absolute atomic E-state index is 8.58. The van der Waals surface area contributed by atoms with Crippen LogP contribution in [0.25, 0.3) is 11.1 Å². The molecule has 2 aliphatic rings. The maximum Gasteiger partial charge on any atom is 0.488 e. The van der Waals surface area contributed by atoms with Gasteiger partial charge in [-0.3, -0.25) is 9.80 Å². The van der Waals surface area contributed by atoms with E-state index in [0.29, 0.717) is 5.46 Å². The summed E-state index contributed by atoms with van der Waals surface area (Å²) in [4.78, 5) is 4.62. The molecule has 0 spiro atoms. The summed E-state index contributed by atoms with van der Waals surface area (Å²) >= 11 is 3.58. The van der Waals surface area contributed by atoms with Gasteiger partial charge in [0.1, 0.15) is 12.2 Å². The number of rotatable bonds is 4. The van der Waals surface area contributed by atoms with Gasteiger partial charge in [0.15, 0.2) is 0 Å². The molecule has 0 radical (unpaired) electrons. The van der Waals surface area contributed by atoms with Crippen LogP contribution < -0.4 is 5.46 Å². The van der Waals surface area contributed by atoms with E-state index >= 15 is 0 Å². The third kappa shape index (κ3) is 10.9. The molecule has 6 aromatic rings. The molecule has 0 fully saturated rings. The monoisotopic (exact) mass is 782 g/mol. The van der Waals surface area contributed by atoms with Crippen molar-refractivity contribution in [2.45, 2.75) is 25.3 Å². The van der Waals surface area contributed by atoms with E-state index < -0.39 is 7.12 Å². The largest absolute Gasteiger partial charge is 0.488 e. The summed E-state index contributed by atoms with van der Waals surface area (Å²) in [5, 5.41) is 17.2. The highest BCUT2D eigenvalue weighted by molar-refractivity contribution is 9.10. The predicted molar refractivity (Wildman–Crippen MR) is 223 cm³/mol. The Balaban J connectivity index is 0.000000153. The molecule has 2 aliphatic heterocycles. The molecule has 6 aromatic carbocycles. The quantitative estimate of drug-likeness (QED) is 0.176. The molecule has 276 valence electrons. The molecule has 0 amide bonds. The molecule has 2 heterocycles. The summed E-state index contributed by atoms with van der Waals surface area (Å²) in [5.74, 6) is 0. The van der Waals surface area contributed by atoms with Crippen LogP contribution in [0, 0.1) is 0 Å².